The zero-order valence-electron chi connectivity index (χ0n) is 11.2. The summed E-state index contributed by atoms with van der Waals surface area (Å²) >= 11 is 8.03. The number of benzene rings is 1. The maximum Gasteiger partial charge on any atom is 0.0406 e. The van der Waals surface area contributed by atoms with Crippen LogP contribution in [0.4, 0.5) is 0 Å². The van der Waals surface area contributed by atoms with Gasteiger partial charge in [-0.25, -0.2) is 0 Å². The lowest BCUT2D eigenvalue weighted by atomic mass is 10.1. The van der Waals surface area contributed by atoms with Crippen molar-refractivity contribution in [2.75, 3.05) is 5.75 Å². The first kappa shape index (κ1) is 14.2. The van der Waals surface area contributed by atoms with E-state index in [0.717, 1.165) is 10.3 Å². The van der Waals surface area contributed by atoms with Crippen LogP contribution >= 0.6 is 23.4 Å². The van der Waals surface area contributed by atoms with Gasteiger partial charge in [0.15, 0.2) is 0 Å². The van der Waals surface area contributed by atoms with Crippen LogP contribution < -0.4 is 5.32 Å². The Labute approximate surface area is 120 Å². The Bertz CT molecular complexity index is 365. The lowest BCUT2D eigenvalue weighted by Gasteiger charge is -2.25. The fourth-order valence-corrected chi connectivity index (χ4v) is 4.03. The Kier molecular flexibility index (Phi) is 5.40. The van der Waals surface area contributed by atoms with Crippen LogP contribution in [0.2, 0.25) is 5.02 Å². The molecule has 0 heterocycles. The number of nitrogens with one attached hydrogen (secondary N) is 1. The molecule has 1 N–H and O–H groups in total. The van der Waals surface area contributed by atoms with Crippen LogP contribution in [0.15, 0.2) is 24.3 Å². The van der Waals surface area contributed by atoms with E-state index >= 15 is 0 Å². The second-order valence-corrected chi connectivity index (χ2v) is 6.92. The van der Waals surface area contributed by atoms with Crippen molar-refractivity contribution in [1.82, 2.24) is 5.32 Å². The van der Waals surface area contributed by atoms with Crippen molar-refractivity contribution in [3.63, 3.8) is 0 Å². The van der Waals surface area contributed by atoms with Crippen molar-refractivity contribution >= 4 is 23.4 Å². The van der Waals surface area contributed by atoms with Crippen molar-refractivity contribution in [2.45, 2.75) is 50.4 Å². The molecule has 1 aromatic rings. The molecule has 1 saturated carbocycles. The summed E-state index contributed by atoms with van der Waals surface area (Å²) in [6.45, 7) is 4.50. The molecule has 0 bridgehead atoms. The molecule has 2 rings (SSSR count). The summed E-state index contributed by atoms with van der Waals surface area (Å²) in [6.07, 6.45) is 4.04. The SMILES string of the molecule is CCSC1CCCC1NC(C)c1ccc(Cl)cc1. The van der Waals surface area contributed by atoms with Crippen LogP contribution in [0.3, 0.4) is 0 Å². The van der Waals surface area contributed by atoms with Gasteiger partial charge in [0.25, 0.3) is 0 Å². The Morgan fingerprint density at radius 2 is 2.06 bits per heavy atom. The lowest BCUT2D eigenvalue weighted by Crippen LogP contribution is -2.36. The molecule has 18 heavy (non-hydrogen) atoms. The Balaban J connectivity index is 1.94. The van der Waals surface area contributed by atoms with Crippen LogP contribution in [-0.2, 0) is 0 Å². The van der Waals surface area contributed by atoms with Crippen LogP contribution in [0.5, 0.6) is 0 Å². The van der Waals surface area contributed by atoms with Gasteiger partial charge in [0.2, 0.25) is 0 Å². The van der Waals surface area contributed by atoms with Crippen LogP contribution in [-0.4, -0.2) is 17.0 Å². The van der Waals surface area contributed by atoms with Crippen molar-refractivity contribution in [2.24, 2.45) is 0 Å². The third kappa shape index (κ3) is 3.66. The maximum absolute atomic E-state index is 5.93. The van der Waals surface area contributed by atoms with Gasteiger partial charge in [0.05, 0.1) is 0 Å². The molecule has 0 radical (unpaired) electrons. The molecule has 1 aromatic carbocycles. The van der Waals surface area contributed by atoms with E-state index < -0.39 is 0 Å². The number of thioether (sulfide) groups is 1. The summed E-state index contributed by atoms with van der Waals surface area (Å²) in [4.78, 5) is 0. The van der Waals surface area contributed by atoms with Gasteiger partial charge >= 0.3 is 0 Å². The highest BCUT2D eigenvalue weighted by Crippen LogP contribution is 2.31. The van der Waals surface area contributed by atoms with Gasteiger partial charge in [-0.05, 0) is 43.2 Å². The number of halogens is 1. The number of rotatable bonds is 5. The average Bonchev–Trinajstić information content (AvgIpc) is 2.78. The standard InChI is InChI=1S/C15H22ClNS/c1-3-18-15-6-4-5-14(15)17-11(2)12-7-9-13(16)10-8-12/h7-11,14-15,17H,3-6H2,1-2H3. The lowest BCUT2D eigenvalue weighted by molar-refractivity contribution is 0.467. The minimum absolute atomic E-state index is 0.408. The Morgan fingerprint density at radius 1 is 1.33 bits per heavy atom. The minimum atomic E-state index is 0.408. The molecule has 3 atom stereocenters. The van der Waals surface area contributed by atoms with Gasteiger partial charge in [0.1, 0.15) is 0 Å². The summed E-state index contributed by atoms with van der Waals surface area (Å²) in [7, 11) is 0. The molecular formula is C15H22ClNS. The zero-order chi connectivity index (χ0) is 13.0. The number of hydrogen-bond acceptors (Lipinski definition) is 2. The summed E-state index contributed by atoms with van der Waals surface area (Å²) < 4.78 is 0. The Hall–Kier alpha value is -0.180. The monoisotopic (exact) mass is 283 g/mol. The first-order valence-electron chi connectivity index (χ1n) is 6.84. The van der Waals surface area contributed by atoms with Crippen molar-refractivity contribution < 1.29 is 0 Å². The minimum Gasteiger partial charge on any atom is -0.306 e. The van der Waals surface area contributed by atoms with E-state index in [1.165, 1.54) is 30.6 Å². The molecule has 3 unspecified atom stereocenters. The smallest absolute Gasteiger partial charge is 0.0406 e. The molecule has 1 aliphatic carbocycles. The first-order valence-corrected chi connectivity index (χ1v) is 8.26. The predicted octanol–water partition coefficient (Wildman–Crippen LogP) is 4.66. The summed E-state index contributed by atoms with van der Waals surface area (Å²) in [6, 6.07) is 9.27. The average molecular weight is 284 g/mol. The highest BCUT2D eigenvalue weighted by Gasteiger charge is 2.28. The van der Waals surface area contributed by atoms with Gasteiger partial charge in [-0.3, -0.25) is 0 Å². The van der Waals surface area contributed by atoms with E-state index in [-0.39, 0.29) is 0 Å². The fraction of sp³-hybridized carbons (Fsp3) is 0.600. The Morgan fingerprint density at radius 3 is 2.72 bits per heavy atom. The van der Waals surface area contributed by atoms with Crippen LogP contribution in [0, 0.1) is 0 Å². The van der Waals surface area contributed by atoms with Gasteiger partial charge in [-0.1, -0.05) is 37.1 Å². The second-order valence-electron chi connectivity index (χ2n) is 4.97. The van der Waals surface area contributed by atoms with Gasteiger partial charge < -0.3 is 5.32 Å². The molecule has 1 fully saturated rings. The third-order valence-corrected chi connectivity index (χ3v) is 5.25. The molecule has 0 spiro atoms. The fourth-order valence-electron chi connectivity index (χ4n) is 2.70. The van der Waals surface area contributed by atoms with E-state index in [4.69, 9.17) is 11.6 Å². The summed E-state index contributed by atoms with van der Waals surface area (Å²) in [5.41, 5.74) is 1.33. The summed E-state index contributed by atoms with van der Waals surface area (Å²) in [5.74, 6) is 1.22. The molecule has 3 heteroatoms. The van der Waals surface area contributed by atoms with E-state index in [0.29, 0.717) is 12.1 Å². The molecule has 0 aromatic heterocycles. The highest BCUT2D eigenvalue weighted by molar-refractivity contribution is 7.99. The van der Waals surface area contributed by atoms with Gasteiger partial charge in [0, 0.05) is 22.4 Å². The predicted molar refractivity (Wildman–Crippen MR) is 82.6 cm³/mol. The van der Waals surface area contributed by atoms with E-state index in [9.17, 15) is 0 Å². The maximum atomic E-state index is 5.93. The van der Waals surface area contributed by atoms with Gasteiger partial charge in [-0.2, -0.15) is 11.8 Å². The highest BCUT2D eigenvalue weighted by atomic mass is 35.5. The summed E-state index contributed by atoms with van der Waals surface area (Å²) in [5, 5.41) is 5.39. The quantitative estimate of drug-likeness (QED) is 0.843. The van der Waals surface area contributed by atoms with Crippen molar-refractivity contribution in [3.8, 4) is 0 Å². The normalized spacial score (nSPS) is 25.3. The molecule has 1 nitrogen and oxygen atoms in total. The second kappa shape index (κ2) is 6.83. The molecule has 1 aliphatic rings. The van der Waals surface area contributed by atoms with Crippen LogP contribution in [0.25, 0.3) is 0 Å². The number of hydrogen-bond donors (Lipinski definition) is 1. The van der Waals surface area contributed by atoms with E-state index in [1.807, 2.05) is 12.1 Å². The molecule has 0 amide bonds. The molecule has 0 saturated heterocycles. The topological polar surface area (TPSA) is 12.0 Å². The zero-order valence-corrected chi connectivity index (χ0v) is 12.7. The van der Waals surface area contributed by atoms with Crippen molar-refractivity contribution in [1.29, 1.82) is 0 Å². The largest absolute Gasteiger partial charge is 0.306 e. The first-order chi connectivity index (χ1) is 8.70. The third-order valence-electron chi connectivity index (χ3n) is 3.67. The molecule has 100 valence electrons. The molecule has 0 aliphatic heterocycles. The molecular weight excluding hydrogens is 262 g/mol. The van der Waals surface area contributed by atoms with Gasteiger partial charge in [-0.15, -0.1) is 0 Å². The van der Waals surface area contributed by atoms with Crippen LogP contribution in [0.1, 0.15) is 44.7 Å². The van der Waals surface area contributed by atoms with Crippen molar-refractivity contribution in [3.05, 3.63) is 34.9 Å². The van der Waals surface area contributed by atoms with E-state index in [2.05, 4.69) is 43.1 Å². The van der Waals surface area contributed by atoms with E-state index in [1.54, 1.807) is 0 Å².